The number of nitrogens with zero attached hydrogens (tertiary/aromatic N) is 8. The predicted octanol–water partition coefficient (Wildman–Crippen LogP) is -1.88. The highest BCUT2D eigenvalue weighted by atomic mass is 16.4. The second-order valence-electron chi connectivity index (χ2n) is 25.9. The van der Waals surface area contributed by atoms with E-state index < -0.39 is 107 Å². The van der Waals surface area contributed by atoms with Crippen LogP contribution in [-0.4, -0.2) is 406 Å². The molecule has 0 aliphatic heterocycles. The van der Waals surface area contributed by atoms with Gasteiger partial charge >= 0.3 is 89.5 Å². The van der Waals surface area contributed by atoms with Crippen LogP contribution in [0, 0.1) is 0 Å². The molecule has 0 saturated heterocycles. The maximum absolute atomic E-state index is 13.2. The number of carbonyl (C=O) groups excluding carboxylic acids is 4. The molecule has 1 aromatic carbocycles. The fourth-order valence-electron chi connectivity index (χ4n) is 10.3. The Morgan fingerprint density at radius 2 is 0.348 bits per heavy atom. The number of nitrogens with one attached hydrogen (secondary N) is 3. The van der Waals surface area contributed by atoms with E-state index in [9.17, 15) is 91.1 Å². The van der Waals surface area contributed by atoms with E-state index in [1.807, 2.05) is 9.80 Å². The number of carbonyl (C=O) groups is 19. The summed E-state index contributed by atoms with van der Waals surface area (Å²) in [5, 5.41) is 142. The first-order valence-electron chi connectivity index (χ1n) is 36.6. The molecule has 3 amide bonds. The number of amides is 3. The van der Waals surface area contributed by atoms with E-state index in [1.54, 1.807) is 29.4 Å². The average molecular weight is 1650 g/mol. The molecule has 0 radical (unpaired) electrons. The van der Waals surface area contributed by atoms with Crippen LogP contribution in [0.15, 0.2) is 18.2 Å². The topological polar surface area (TPSA) is 690 Å². The molecule has 1 aromatic rings. The van der Waals surface area contributed by atoms with Crippen LogP contribution in [0.2, 0.25) is 0 Å². The van der Waals surface area contributed by atoms with Crippen molar-refractivity contribution in [2.45, 2.75) is 116 Å². The third-order valence-corrected chi connectivity index (χ3v) is 16.7. The number of benzene rings is 1. The number of aliphatic carboxylic acids is 12. The molecule has 0 aromatic heterocycles. The number of hydrogen-bond donors (Lipinski definition) is 18. The fourth-order valence-corrected chi connectivity index (χ4v) is 10.3. The second-order valence-corrected chi connectivity index (χ2v) is 25.9. The van der Waals surface area contributed by atoms with Gasteiger partial charge in [0.15, 0.2) is 0 Å². The van der Waals surface area contributed by atoms with E-state index >= 15 is 0 Å². The van der Waals surface area contributed by atoms with E-state index in [4.69, 9.17) is 76.6 Å². The van der Waals surface area contributed by atoms with Gasteiger partial charge in [-0.3, -0.25) is 76.7 Å². The van der Waals surface area contributed by atoms with Crippen molar-refractivity contribution >= 4 is 113 Å². The molecule has 0 unspecified atom stereocenters. The van der Waals surface area contributed by atoms with Gasteiger partial charge in [0.1, 0.15) is 5.78 Å². The van der Waals surface area contributed by atoms with Crippen LogP contribution in [-0.2, 0) is 76.7 Å². The standard InChI is InChI=1S/C47H81N9O20.C14H24N2O8.C9H6O6/c57-36(2-1-18-51(23-7-40(61)62)24-8-41(63)64)3-19-55(20-4-37(58)48-15-31-52(25-9-42(65)66)26-10-43(67)68)34-35-56(21-5-38(59)49-16-32-53(27-11-44(69)70)28-12-45(71)72)22-6-39(60)50-17-33-54(29-13-46(73)74)30-14-47(75)76;17-11(18)1-5-15(6-2-12(19)20)9-10-16(7-3-13(21)22)8-4-14(23)24;10-7(11)4-1-5(8(12)13)3-6(2-4)9(14)15/h1-35H2,(H,48,58)(H,49,59)(H,50,60)(H,61,62)(H,63,64)(H,65,66)(H,67,68)(H,69,70)(H,71,72)(H,73,74)(H,75,76);1-10H2,(H,17,18)(H,19,20)(H,21,22)(H,23,24);1-3H,(H,10,11)(H,12,13)(H,14,15). The Bertz CT molecular complexity index is 2830. The van der Waals surface area contributed by atoms with Gasteiger partial charge in [0.25, 0.3) is 0 Å². The van der Waals surface area contributed by atoms with Crippen molar-refractivity contribution in [1.82, 2.24) is 55.1 Å². The molecule has 18 N–H and O–H groups in total. The molecule has 0 spiro atoms. The first-order valence-corrected chi connectivity index (χ1v) is 36.6. The molecule has 0 bridgehead atoms. The molecule has 0 saturated carbocycles. The summed E-state index contributed by atoms with van der Waals surface area (Å²) in [6.07, 6.45) is -2.16. The molecule has 115 heavy (non-hydrogen) atoms. The van der Waals surface area contributed by atoms with Gasteiger partial charge in [-0.25, -0.2) is 14.4 Å². The molecule has 0 heterocycles. The molecule has 0 fully saturated rings. The molecular weight excluding hydrogens is 1540 g/mol. The molecule has 0 atom stereocenters. The number of Topliss-reactive ketones (excluding diaryl/α,β-unsaturated/α-hetero) is 1. The zero-order valence-electron chi connectivity index (χ0n) is 64.1. The summed E-state index contributed by atoms with van der Waals surface area (Å²) >= 11 is 0. The summed E-state index contributed by atoms with van der Waals surface area (Å²) in [5.74, 6) is -18.0. The third kappa shape index (κ3) is 65.2. The normalized spacial score (nSPS) is 11.0. The maximum atomic E-state index is 13.2. The lowest BCUT2D eigenvalue weighted by Gasteiger charge is -2.28. The number of carboxylic acids is 15. The van der Waals surface area contributed by atoms with E-state index in [0.29, 0.717) is 19.5 Å². The van der Waals surface area contributed by atoms with Crippen molar-refractivity contribution in [1.29, 1.82) is 0 Å². The molecule has 1 rings (SSSR count). The number of rotatable bonds is 70. The SMILES string of the molecule is O=C(O)CCN(CCC(=O)O)CCN(CCC(=O)O)CCC(=O)O.O=C(O)CCN(CCCC(=O)CCN(CCC(=O)NCCN(CCC(=O)O)CCC(=O)O)CCN(CCC(=O)NCCN(CCC(=O)O)CCC(=O)O)CCC(=O)NCCN(CCC(=O)O)CCC(=O)O)CCC(=O)O.O=C(O)c1cc(C(=O)O)cc(C(=O)O)c1. The lowest BCUT2D eigenvalue weighted by Crippen LogP contribution is -2.42. The Morgan fingerprint density at radius 3 is 0.522 bits per heavy atom. The summed E-state index contributed by atoms with van der Waals surface area (Å²) in [5.41, 5.74) is -1.10. The minimum atomic E-state index is -1.37. The van der Waals surface area contributed by atoms with E-state index in [2.05, 4.69) is 16.0 Å². The highest BCUT2D eigenvalue weighted by Gasteiger charge is 2.22. The first-order chi connectivity index (χ1) is 54.0. The third-order valence-electron chi connectivity index (χ3n) is 16.7. The van der Waals surface area contributed by atoms with Crippen LogP contribution in [0.25, 0.3) is 0 Å². The van der Waals surface area contributed by atoms with Crippen LogP contribution >= 0.6 is 0 Å². The lowest BCUT2D eigenvalue weighted by molar-refractivity contribution is -0.139. The highest BCUT2D eigenvalue weighted by Crippen LogP contribution is 2.12. The van der Waals surface area contributed by atoms with Gasteiger partial charge in [-0.2, -0.15) is 0 Å². The summed E-state index contributed by atoms with van der Waals surface area (Å²) in [6.45, 7) is 3.92. The molecule has 45 nitrogen and oxygen atoms in total. The lowest BCUT2D eigenvalue weighted by atomic mass is 10.1. The maximum Gasteiger partial charge on any atom is 0.335 e. The van der Waals surface area contributed by atoms with Crippen LogP contribution < -0.4 is 16.0 Å². The minimum Gasteiger partial charge on any atom is -0.481 e. The van der Waals surface area contributed by atoms with Gasteiger partial charge in [-0.15, -0.1) is 0 Å². The van der Waals surface area contributed by atoms with Gasteiger partial charge in [0, 0.05) is 202 Å². The smallest absolute Gasteiger partial charge is 0.335 e. The number of aromatic carboxylic acids is 3. The monoisotopic (exact) mass is 1650 g/mol. The summed E-state index contributed by atoms with van der Waals surface area (Å²) in [7, 11) is 0. The molecule has 0 aliphatic carbocycles. The first kappa shape index (κ1) is 106. The van der Waals surface area contributed by atoms with Crippen molar-refractivity contribution in [2.24, 2.45) is 0 Å². The van der Waals surface area contributed by atoms with Gasteiger partial charge in [0.05, 0.1) is 93.7 Å². The second kappa shape index (κ2) is 63.4. The Labute approximate surface area is 661 Å². The van der Waals surface area contributed by atoms with Gasteiger partial charge in [0.2, 0.25) is 17.7 Å². The average Bonchev–Trinajstić information content (AvgIpc) is 0.839. The van der Waals surface area contributed by atoms with Crippen molar-refractivity contribution in [3.63, 3.8) is 0 Å². The zero-order chi connectivity index (χ0) is 87.4. The molecule has 45 heteroatoms. The van der Waals surface area contributed by atoms with Crippen LogP contribution in [0.4, 0.5) is 0 Å². The Hall–Kier alpha value is -11.0. The Balaban J connectivity index is 0. The largest absolute Gasteiger partial charge is 0.481 e. The number of carboxylic acid groups (broad SMARTS) is 15. The van der Waals surface area contributed by atoms with Crippen molar-refractivity contribution < 1.29 is 168 Å². The highest BCUT2D eigenvalue weighted by molar-refractivity contribution is 5.99. The van der Waals surface area contributed by atoms with Crippen molar-refractivity contribution in [3.8, 4) is 0 Å². The quantitative estimate of drug-likeness (QED) is 0.0339. The number of hydrogen-bond acceptors (Lipinski definition) is 27. The van der Waals surface area contributed by atoms with Crippen LogP contribution in [0.1, 0.15) is 147 Å². The van der Waals surface area contributed by atoms with Crippen molar-refractivity contribution in [2.75, 3.05) is 177 Å². The molecular formula is C70H111N11O34. The summed E-state index contributed by atoms with van der Waals surface area (Å²) in [6, 6.07) is 2.70. The van der Waals surface area contributed by atoms with E-state index in [0.717, 1.165) is 18.2 Å². The number of ketones is 1. The van der Waals surface area contributed by atoms with Gasteiger partial charge in [-0.05, 0) is 31.2 Å². The zero-order valence-corrected chi connectivity index (χ0v) is 64.1. The summed E-state index contributed by atoms with van der Waals surface area (Å²) < 4.78 is 0. The van der Waals surface area contributed by atoms with E-state index in [-0.39, 0.29) is 295 Å². The Morgan fingerprint density at radius 1 is 0.191 bits per heavy atom. The predicted molar refractivity (Wildman–Crippen MR) is 398 cm³/mol. The van der Waals surface area contributed by atoms with Gasteiger partial charge in [-0.1, -0.05) is 0 Å². The van der Waals surface area contributed by atoms with Gasteiger partial charge < -0.3 is 132 Å². The van der Waals surface area contributed by atoms with E-state index in [1.165, 1.54) is 0 Å². The van der Waals surface area contributed by atoms with Crippen LogP contribution in [0.3, 0.4) is 0 Å². The fraction of sp³-hybridized carbons (Fsp3) is 0.643. The summed E-state index contributed by atoms with van der Waals surface area (Å²) in [4.78, 5) is 229. The molecule has 650 valence electrons. The minimum absolute atomic E-state index is 0.0324. The van der Waals surface area contributed by atoms with Crippen molar-refractivity contribution in [3.05, 3.63) is 34.9 Å². The molecule has 0 aliphatic rings. The van der Waals surface area contributed by atoms with Crippen LogP contribution in [0.5, 0.6) is 0 Å². The Kier molecular flexibility index (Phi) is 58.5.